The molecule has 1 aromatic heterocycles. The van der Waals surface area contributed by atoms with Gasteiger partial charge < -0.3 is 10.4 Å². The minimum absolute atomic E-state index is 0.00134. The fourth-order valence-electron chi connectivity index (χ4n) is 4.90. The molecule has 1 unspecified atom stereocenters. The van der Waals surface area contributed by atoms with Crippen molar-refractivity contribution >= 4 is 28.5 Å². The summed E-state index contributed by atoms with van der Waals surface area (Å²) in [7, 11) is 0. The number of nitrogens with one attached hydrogen (secondary N) is 1. The van der Waals surface area contributed by atoms with E-state index in [1.807, 2.05) is 65.3 Å². The molecule has 0 aliphatic heterocycles. The molecule has 0 spiro atoms. The summed E-state index contributed by atoms with van der Waals surface area (Å²) in [6.07, 6.45) is 1.28. The van der Waals surface area contributed by atoms with Crippen molar-refractivity contribution in [2.24, 2.45) is 10.8 Å². The van der Waals surface area contributed by atoms with Crippen molar-refractivity contribution in [1.82, 2.24) is 20.3 Å². The maximum Gasteiger partial charge on any atom is 0.252 e. The highest BCUT2D eigenvalue weighted by Gasteiger charge is 2.34. The zero-order valence-corrected chi connectivity index (χ0v) is 25.4. The van der Waals surface area contributed by atoms with E-state index in [9.17, 15) is 4.79 Å². The highest BCUT2D eigenvalue weighted by Crippen LogP contribution is 2.34. The number of aromatic nitrogens is 3. The van der Waals surface area contributed by atoms with Crippen LogP contribution in [0.3, 0.4) is 0 Å². The van der Waals surface area contributed by atoms with E-state index in [0.29, 0.717) is 10.6 Å². The van der Waals surface area contributed by atoms with Gasteiger partial charge in [-0.2, -0.15) is 0 Å². The van der Waals surface area contributed by atoms with Crippen LogP contribution in [0.5, 0.6) is 0 Å². The minimum Gasteiger partial charge on any atom is -0.396 e. The first-order chi connectivity index (χ1) is 20.1. The van der Waals surface area contributed by atoms with E-state index in [2.05, 4.69) is 67.6 Å². The number of aliphatic hydroxyl groups excluding tert-OH is 1. The van der Waals surface area contributed by atoms with Crippen molar-refractivity contribution in [3.63, 3.8) is 0 Å². The van der Waals surface area contributed by atoms with Crippen molar-refractivity contribution in [2.75, 3.05) is 6.61 Å². The number of para-hydroxylation sites is 1. The molecule has 218 valence electrons. The molecule has 1 atom stereocenters. The molecular weight excluding hydrogens is 544 g/mol. The van der Waals surface area contributed by atoms with Crippen LogP contribution >= 0.6 is 11.6 Å². The predicted octanol–water partition coefficient (Wildman–Crippen LogP) is 7.53. The van der Waals surface area contributed by atoms with Crippen molar-refractivity contribution in [3.05, 3.63) is 131 Å². The second-order valence-corrected chi connectivity index (χ2v) is 12.5. The summed E-state index contributed by atoms with van der Waals surface area (Å²) in [6.45, 7) is 8.63. The van der Waals surface area contributed by atoms with Crippen molar-refractivity contribution in [2.45, 2.75) is 46.7 Å². The molecule has 4 aromatic carbocycles. The second-order valence-electron chi connectivity index (χ2n) is 12.0. The molecule has 0 saturated heterocycles. The maximum atomic E-state index is 13.1. The van der Waals surface area contributed by atoms with Crippen molar-refractivity contribution in [3.8, 4) is 0 Å². The summed E-state index contributed by atoms with van der Waals surface area (Å²) in [4.78, 5) is 13.1. The number of carbonyl (C=O) groups excluding carboxylic acids is 1. The smallest absolute Gasteiger partial charge is 0.252 e. The van der Waals surface area contributed by atoms with E-state index in [0.717, 1.165) is 23.9 Å². The van der Waals surface area contributed by atoms with Crippen LogP contribution in [-0.4, -0.2) is 32.6 Å². The monoisotopic (exact) mass is 582 g/mol. The summed E-state index contributed by atoms with van der Waals surface area (Å²) >= 11 is 5.98. The van der Waals surface area contributed by atoms with Gasteiger partial charge in [0.25, 0.3) is 5.91 Å². The van der Waals surface area contributed by atoms with Crippen molar-refractivity contribution in [1.29, 1.82) is 0 Å². The third kappa shape index (κ3) is 8.28. The van der Waals surface area contributed by atoms with E-state index < -0.39 is 6.17 Å². The number of benzene rings is 4. The Morgan fingerprint density at radius 2 is 1.36 bits per heavy atom. The van der Waals surface area contributed by atoms with Gasteiger partial charge in [-0.05, 0) is 65.8 Å². The molecule has 5 rings (SSSR count). The molecule has 2 N–H and O–H groups in total. The molecule has 42 heavy (non-hydrogen) atoms. The molecule has 1 amide bonds. The molecule has 7 heteroatoms. The lowest BCUT2D eigenvalue weighted by Crippen LogP contribution is -2.43. The highest BCUT2D eigenvalue weighted by molar-refractivity contribution is 6.30. The fourth-order valence-corrected chi connectivity index (χ4v) is 5.02. The van der Waals surface area contributed by atoms with Crippen LogP contribution in [0.25, 0.3) is 11.0 Å². The SMILES string of the molecule is CC(C)(CO)Cc1ccccc1.CC(C)(Cc1ccccc1)C(NC(=O)c1ccc(Cl)cc1)n1nnc2ccccc21. The van der Waals surface area contributed by atoms with E-state index in [4.69, 9.17) is 16.7 Å². The first kappa shape index (κ1) is 30.9. The van der Waals surface area contributed by atoms with Gasteiger partial charge >= 0.3 is 0 Å². The Morgan fingerprint density at radius 1 is 0.810 bits per heavy atom. The summed E-state index contributed by atoms with van der Waals surface area (Å²) in [5, 5.41) is 21.5. The van der Waals surface area contributed by atoms with Crippen LogP contribution in [-0.2, 0) is 12.8 Å². The van der Waals surface area contributed by atoms with Gasteiger partial charge in [0, 0.05) is 22.6 Å². The lowest BCUT2D eigenvalue weighted by molar-refractivity contribution is 0.0823. The van der Waals surface area contributed by atoms with Crippen LogP contribution in [0.1, 0.15) is 55.3 Å². The number of carbonyl (C=O) groups is 1. The number of aliphatic hydroxyl groups is 1. The lowest BCUT2D eigenvalue weighted by atomic mass is 9.82. The van der Waals surface area contributed by atoms with Gasteiger partial charge in [-0.1, -0.05) is 117 Å². The number of hydrogen-bond donors (Lipinski definition) is 2. The molecule has 0 aliphatic carbocycles. The Balaban J connectivity index is 0.000000283. The Hall–Kier alpha value is -4.00. The molecule has 0 bridgehead atoms. The number of amides is 1. The van der Waals surface area contributed by atoms with Gasteiger partial charge in [0.2, 0.25) is 0 Å². The maximum absolute atomic E-state index is 13.1. The number of nitrogens with zero attached hydrogens (tertiary/aromatic N) is 3. The molecule has 5 aromatic rings. The van der Waals surface area contributed by atoms with Gasteiger partial charge in [-0.15, -0.1) is 5.10 Å². The minimum atomic E-state index is -0.409. The Bertz CT molecular complexity index is 1570. The average Bonchev–Trinajstić information content (AvgIpc) is 3.41. The van der Waals surface area contributed by atoms with Crippen molar-refractivity contribution < 1.29 is 9.90 Å². The predicted molar refractivity (Wildman–Crippen MR) is 170 cm³/mol. The van der Waals surface area contributed by atoms with Gasteiger partial charge in [-0.25, -0.2) is 4.68 Å². The summed E-state index contributed by atoms with van der Waals surface area (Å²) in [6, 6.07) is 35.1. The molecule has 0 aliphatic rings. The Morgan fingerprint density at radius 3 is 1.95 bits per heavy atom. The van der Waals surface area contributed by atoms with E-state index in [1.165, 1.54) is 11.1 Å². The van der Waals surface area contributed by atoms with Crippen LogP contribution in [0.2, 0.25) is 5.02 Å². The van der Waals surface area contributed by atoms with Crippen LogP contribution in [0, 0.1) is 10.8 Å². The molecular formula is C35H39ClN4O2. The number of rotatable bonds is 9. The summed E-state index contributed by atoms with van der Waals surface area (Å²) < 4.78 is 1.81. The standard InChI is InChI=1S/C24H23ClN4O.C11H16O/c1-24(2,16-17-8-4-3-5-9-17)23(26-22(30)18-12-14-19(25)15-13-18)29-21-11-7-6-10-20(21)27-28-29;1-11(2,9-12)8-10-6-4-3-5-7-10/h3-15,23H,16H2,1-2H3,(H,26,30);3-7,12H,8-9H2,1-2H3. The van der Waals surface area contributed by atoms with E-state index in [-0.39, 0.29) is 23.3 Å². The van der Waals surface area contributed by atoms with Gasteiger partial charge in [0.15, 0.2) is 0 Å². The summed E-state index contributed by atoms with van der Waals surface area (Å²) in [5.41, 5.74) is 4.35. The lowest BCUT2D eigenvalue weighted by Gasteiger charge is -2.35. The van der Waals surface area contributed by atoms with Gasteiger partial charge in [0.1, 0.15) is 11.7 Å². The highest BCUT2D eigenvalue weighted by atomic mass is 35.5. The molecule has 0 fully saturated rings. The fraction of sp³-hybridized carbons (Fsp3) is 0.286. The molecule has 0 radical (unpaired) electrons. The number of halogens is 1. The van der Waals surface area contributed by atoms with Crippen LogP contribution < -0.4 is 5.32 Å². The first-order valence-electron chi connectivity index (χ1n) is 14.1. The number of fused-ring (bicyclic) bond motifs is 1. The zero-order valence-electron chi connectivity index (χ0n) is 24.7. The van der Waals surface area contributed by atoms with Crippen LogP contribution in [0.15, 0.2) is 109 Å². The first-order valence-corrected chi connectivity index (χ1v) is 14.5. The van der Waals surface area contributed by atoms with E-state index in [1.54, 1.807) is 24.3 Å². The molecule has 1 heterocycles. The zero-order chi connectivity index (χ0) is 30.2. The summed E-state index contributed by atoms with van der Waals surface area (Å²) in [5.74, 6) is -0.183. The molecule has 6 nitrogen and oxygen atoms in total. The Kier molecular flexibility index (Phi) is 10.2. The van der Waals surface area contributed by atoms with Gasteiger partial charge in [0.05, 0.1) is 5.52 Å². The Labute approximate surface area is 253 Å². The molecule has 0 saturated carbocycles. The number of hydrogen-bond acceptors (Lipinski definition) is 4. The topological polar surface area (TPSA) is 80.0 Å². The van der Waals surface area contributed by atoms with Gasteiger partial charge in [-0.3, -0.25) is 4.79 Å². The average molecular weight is 583 g/mol. The third-order valence-electron chi connectivity index (χ3n) is 7.19. The van der Waals surface area contributed by atoms with E-state index >= 15 is 0 Å². The quantitative estimate of drug-likeness (QED) is 0.188. The normalized spacial score (nSPS) is 12.3. The second kappa shape index (κ2) is 13.8. The third-order valence-corrected chi connectivity index (χ3v) is 7.44. The van der Waals surface area contributed by atoms with Crippen LogP contribution in [0.4, 0.5) is 0 Å². The largest absolute Gasteiger partial charge is 0.396 e.